The molecule has 2 N–H and O–H groups in total. The zero-order valence-electron chi connectivity index (χ0n) is 8.76. The number of nitrogens with one attached hydrogen (secondary N) is 2. The molecular formula is C9H15Cl2N3O. The van der Waals surface area contributed by atoms with Crippen LogP contribution < -0.4 is 5.32 Å². The number of halogens is 2. The van der Waals surface area contributed by atoms with E-state index in [0.29, 0.717) is 6.54 Å². The van der Waals surface area contributed by atoms with Gasteiger partial charge in [0.2, 0.25) is 5.91 Å². The number of rotatable bonds is 4. The summed E-state index contributed by atoms with van der Waals surface area (Å²) in [6, 6.07) is 0. The number of alkyl halides is 1. The molecule has 0 unspecified atom stereocenters. The van der Waals surface area contributed by atoms with Crippen molar-refractivity contribution >= 4 is 29.9 Å². The van der Waals surface area contributed by atoms with Gasteiger partial charge in [0.15, 0.2) is 0 Å². The van der Waals surface area contributed by atoms with Gasteiger partial charge in [-0.1, -0.05) is 0 Å². The van der Waals surface area contributed by atoms with E-state index in [1.54, 1.807) is 0 Å². The number of H-pyrrole nitrogens is 1. The highest BCUT2D eigenvalue weighted by Gasteiger charge is 2.06. The Balaban J connectivity index is 0.00000196. The van der Waals surface area contributed by atoms with Crippen LogP contribution in [-0.4, -0.2) is 28.5 Å². The number of hydrogen-bond acceptors (Lipinski definition) is 2. The van der Waals surface area contributed by atoms with Crippen LogP contribution in [0.15, 0.2) is 0 Å². The lowest BCUT2D eigenvalue weighted by atomic mass is 10.1. The number of carbonyl (C=O) groups is 1. The first kappa shape index (κ1) is 14.3. The molecular weight excluding hydrogens is 237 g/mol. The van der Waals surface area contributed by atoms with Gasteiger partial charge in [0.25, 0.3) is 0 Å². The molecule has 4 nitrogen and oxygen atoms in total. The van der Waals surface area contributed by atoms with Gasteiger partial charge in [-0.25, -0.2) is 0 Å². The van der Waals surface area contributed by atoms with E-state index in [-0.39, 0.29) is 24.2 Å². The van der Waals surface area contributed by atoms with Crippen molar-refractivity contribution in [1.82, 2.24) is 15.5 Å². The summed E-state index contributed by atoms with van der Waals surface area (Å²) in [7, 11) is 0. The van der Waals surface area contributed by atoms with E-state index in [1.807, 2.05) is 13.8 Å². The molecule has 0 aromatic carbocycles. The van der Waals surface area contributed by atoms with E-state index in [9.17, 15) is 4.79 Å². The third-order valence-electron chi connectivity index (χ3n) is 2.10. The summed E-state index contributed by atoms with van der Waals surface area (Å²) >= 11 is 5.34. The molecule has 0 atom stereocenters. The standard InChI is InChI=1S/C9H14ClN3O.ClH/c1-6-8(7(2)13-12-6)3-4-11-9(14)5-10;/h3-5H2,1-2H3,(H,11,14)(H,12,13);1H. The minimum atomic E-state index is -0.134. The molecule has 1 aromatic heterocycles. The predicted octanol–water partition coefficient (Wildman–Crippen LogP) is 1.35. The topological polar surface area (TPSA) is 57.8 Å². The molecule has 0 aliphatic heterocycles. The van der Waals surface area contributed by atoms with Crippen molar-refractivity contribution in [2.24, 2.45) is 0 Å². The summed E-state index contributed by atoms with van der Waals surface area (Å²) in [6.45, 7) is 4.52. The molecule has 1 aromatic rings. The molecule has 0 aliphatic rings. The van der Waals surface area contributed by atoms with Gasteiger partial charge in [-0.3, -0.25) is 9.89 Å². The molecule has 0 aliphatic carbocycles. The molecule has 6 heteroatoms. The number of aryl methyl sites for hydroxylation is 2. The maximum atomic E-state index is 10.8. The minimum absolute atomic E-state index is 0. The number of aromatic amines is 1. The Labute approximate surface area is 100 Å². The molecule has 1 rings (SSSR count). The smallest absolute Gasteiger partial charge is 0.234 e. The first-order valence-corrected chi connectivity index (χ1v) is 5.01. The van der Waals surface area contributed by atoms with Gasteiger partial charge in [0.05, 0.1) is 5.69 Å². The lowest BCUT2D eigenvalue weighted by Gasteiger charge is -2.02. The Kier molecular flexibility index (Phi) is 6.36. The number of nitrogens with zero attached hydrogens (tertiary/aromatic N) is 1. The van der Waals surface area contributed by atoms with Gasteiger partial charge in [-0.05, 0) is 25.8 Å². The van der Waals surface area contributed by atoms with Crippen molar-refractivity contribution in [3.8, 4) is 0 Å². The maximum Gasteiger partial charge on any atom is 0.234 e. The minimum Gasteiger partial charge on any atom is -0.355 e. The molecule has 0 saturated heterocycles. The summed E-state index contributed by atoms with van der Waals surface area (Å²) in [4.78, 5) is 10.8. The Hall–Kier alpha value is -0.740. The van der Waals surface area contributed by atoms with Crippen LogP contribution in [0, 0.1) is 13.8 Å². The molecule has 86 valence electrons. The van der Waals surface area contributed by atoms with Gasteiger partial charge in [0, 0.05) is 12.2 Å². The fraction of sp³-hybridized carbons (Fsp3) is 0.556. The summed E-state index contributed by atoms with van der Waals surface area (Å²) in [5, 5.41) is 9.68. The Bertz CT molecular complexity index is 306. The molecule has 0 fully saturated rings. The molecule has 1 heterocycles. The maximum absolute atomic E-state index is 10.8. The molecule has 0 saturated carbocycles. The lowest BCUT2D eigenvalue weighted by molar-refractivity contribution is -0.118. The third-order valence-corrected chi connectivity index (χ3v) is 2.34. The largest absolute Gasteiger partial charge is 0.355 e. The van der Waals surface area contributed by atoms with Gasteiger partial charge in [-0.15, -0.1) is 24.0 Å². The first-order chi connectivity index (χ1) is 6.65. The van der Waals surface area contributed by atoms with Crippen LogP contribution in [0.3, 0.4) is 0 Å². The van der Waals surface area contributed by atoms with Crippen molar-refractivity contribution in [1.29, 1.82) is 0 Å². The van der Waals surface area contributed by atoms with Crippen LogP contribution in [0.2, 0.25) is 0 Å². The lowest BCUT2D eigenvalue weighted by Crippen LogP contribution is -2.26. The van der Waals surface area contributed by atoms with Crippen LogP contribution in [-0.2, 0) is 11.2 Å². The van der Waals surface area contributed by atoms with Crippen molar-refractivity contribution in [3.05, 3.63) is 17.0 Å². The number of carbonyl (C=O) groups excluding carboxylic acids is 1. The van der Waals surface area contributed by atoms with Crippen LogP contribution in [0.1, 0.15) is 17.0 Å². The summed E-state index contributed by atoms with van der Waals surface area (Å²) in [6.07, 6.45) is 0.788. The average molecular weight is 252 g/mol. The van der Waals surface area contributed by atoms with Crippen LogP contribution >= 0.6 is 24.0 Å². The zero-order valence-corrected chi connectivity index (χ0v) is 10.3. The number of amides is 1. The van der Waals surface area contributed by atoms with Crippen molar-refractivity contribution < 1.29 is 4.79 Å². The second kappa shape index (κ2) is 6.69. The molecule has 1 amide bonds. The van der Waals surface area contributed by atoms with E-state index in [1.165, 1.54) is 5.56 Å². The Morgan fingerprint density at radius 2 is 2.20 bits per heavy atom. The highest BCUT2D eigenvalue weighted by atomic mass is 35.5. The quantitative estimate of drug-likeness (QED) is 0.794. The van der Waals surface area contributed by atoms with Gasteiger partial charge < -0.3 is 5.32 Å². The fourth-order valence-electron chi connectivity index (χ4n) is 1.32. The van der Waals surface area contributed by atoms with Gasteiger partial charge >= 0.3 is 0 Å². The van der Waals surface area contributed by atoms with E-state index in [4.69, 9.17) is 11.6 Å². The van der Waals surface area contributed by atoms with Crippen LogP contribution in [0.5, 0.6) is 0 Å². The van der Waals surface area contributed by atoms with Crippen LogP contribution in [0.4, 0.5) is 0 Å². The zero-order chi connectivity index (χ0) is 10.6. The summed E-state index contributed by atoms with van der Waals surface area (Å²) < 4.78 is 0. The fourth-order valence-corrected chi connectivity index (χ4v) is 1.41. The second-order valence-corrected chi connectivity index (χ2v) is 3.41. The third kappa shape index (κ3) is 4.10. The monoisotopic (exact) mass is 251 g/mol. The van der Waals surface area contributed by atoms with Crippen molar-refractivity contribution in [2.75, 3.05) is 12.4 Å². The molecule has 0 radical (unpaired) electrons. The normalized spacial score (nSPS) is 9.53. The SMILES string of the molecule is Cc1n[nH]c(C)c1CCNC(=O)CCl.Cl. The van der Waals surface area contributed by atoms with E-state index in [0.717, 1.165) is 17.8 Å². The van der Waals surface area contributed by atoms with E-state index >= 15 is 0 Å². The number of hydrogen-bond donors (Lipinski definition) is 2. The Morgan fingerprint density at radius 1 is 1.53 bits per heavy atom. The molecule has 0 bridgehead atoms. The van der Waals surface area contributed by atoms with Crippen molar-refractivity contribution in [2.45, 2.75) is 20.3 Å². The molecule has 15 heavy (non-hydrogen) atoms. The highest BCUT2D eigenvalue weighted by molar-refractivity contribution is 6.27. The first-order valence-electron chi connectivity index (χ1n) is 4.48. The van der Waals surface area contributed by atoms with Crippen LogP contribution in [0.25, 0.3) is 0 Å². The van der Waals surface area contributed by atoms with E-state index in [2.05, 4.69) is 15.5 Å². The second-order valence-electron chi connectivity index (χ2n) is 3.15. The van der Waals surface area contributed by atoms with Crippen molar-refractivity contribution in [3.63, 3.8) is 0 Å². The van der Waals surface area contributed by atoms with Gasteiger partial charge in [-0.2, -0.15) is 5.10 Å². The highest BCUT2D eigenvalue weighted by Crippen LogP contribution is 2.08. The average Bonchev–Trinajstić information content (AvgIpc) is 2.48. The van der Waals surface area contributed by atoms with E-state index < -0.39 is 0 Å². The van der Waals surface area contributed by atoms with Gasteiger partial charge in [0.1, 0.15) is 5.88 Å². The Morgan fingerprint density at radius 3 is 2.67 bits per heavy atom. The summed E-state index contributed by atoms with van der Waals surface area (Å²) in [5.74, 6) is -0.117. The molecule has 0 spiro atoms. The number of aromatic nitrogens is 2. The predicted molar refractivity (Wildman–Crippen MR) is 62.7 cm³/mol. The summed E-state index contributed by atoms with van der Waals surface area (Å²) in [5.41, 5.74) is 3.21.